The lowest BCUT2D eigenvalue weighted by molar-refractivity contribution is -0.452. The zero-order valence-corrected chi connectivity index (χ0v) is 12.7. The molecule has 9 heteroatoms. The normalized spacial score (nSPS) is 11.3. The SMILES string of the molecule is CC(=O)OC(C)(OC(C)=O)OC(C)(OC(C)=O)OC(C)=O. The second kappa shape index (κ2) is 7.02. The molecule has 0 aliphatic rings. The van der Waals surface area contributed by atoms with Crippen LogP contribution in [-0.4, -0.2) is 35.8 Å². The molecule has 0 rings (SSSR count). The van der Waals surface area contributed by atoms with Crippen LogP contribution in [0.2, 0.25) is 0 Å². The minimum Gasteiger partial charge on any atom is -0.398 e. The van der Waals surface area contributed by atoms with Crippen molar-refractivity contribution in [2.75, 3.05) is 0 Å². The number of hydrogen-bond acceptors (Lipinski definition) is 9. The third-order valence-electron chi connectivity index (χ3n) is 1.69. The van der Waals surface area contributed by atoms with Crippen LogP contribution in [0.4, 0.5) is 0 Å². The average Bonchev–Trinajstić information content (AvgIpc) is 2.07. The molecule has 0 aliphatic carbocycles. The lowest BCUT2D eigenvalue weighted by atomic mass is 10.5. The molecule has 0 bridgehead atoms. The van der Waals surface area contributed by atoms with Crippen molar-refractivity contribution in [2.24, 2.45) is 0 Å². The van der Waals surface area contributed by atoms with Gasteiger partial charge < -0.3 is 18.9 Å². The van der Waals surface area contributed by atoms with E-state index in [-0.39, 0.29) is 0 Å². The summed E-state index contributed by atoms with van der Waals surface area (Å²) in [5, 5.41) is 0. The maximum Gasteiger partial charge on any atom is 0.378 e. The highest BCUT2D eigenvalue weighted by molar-refractivity contribution is 5.69. The highest BCUT2D eigenvalue weighted by atomic mass is 17.0. The highest BCUT2D eigenvalue weighted by Crippen LogP contribution is 2.26. The number of carbonyl (C=O) groups is 4. The first-order valence-electron chi connectivity index (χ1n) is 5.86. The molecule has 0 aromatic rings. The highest BCUT2D eigenvalue weighted by Gasteiger charge is 2.46. The van der Waals surface area contributed by atoms with E-state index in [2.05, 4.69) is 0 Å². The van der Waals surface area contributed by atoms with E-state index in [1.807, 2.05) is 0 Å². The van der Waals surface area contributed by atoms with Gasteiger partial charge in [-0.25, -0.2) is 4.74 Å². The zero-order chi connectivity index (χ0) is 16.8. The predicted molar refractivity (Wildman–Crippen MR) is 65.0 cm³/mol. The molecule has 0 unspecified atom stereocenters. The number of rotatable bonds is 6. The summed E-state index contributed by atoms with van der Waals surface area (Å²) in [4.78, 5) is 44.2. The van der Waals surface area contributed by atoms with Gasteiger partial charge in [0.1, 0.15) is 0 Å². The van der Waals surface area contributed by atoms with Crippen molar-refractivity contribution in [3.8, 4) is 0 Å². The number of hydrogen-bond donors (Lipinski definition) is 0. The number of carbonyl (C=O) groups excluding carboxylic acids is 4. The van der Waals surface area contributed by atoms with Gasteiger partial charge in [-0.1, -0.05) is 0 Å². The van der Waals surface area contributed by atoms with E-state index in [0.29, 0.717) is 0 Å². The largest absolute Gasteiger partial charge is 0.398 e. The van der Waals surface area contributed by atoms with Gasteiger partial charge in [0.05, 0.1) is 0 Å². The summed E-state index contributed by atoms with van der Waals surface area (Å²) in [6.07, 6.45) is 0. The Kier molecular flexibility index (Phi) is 6.30. The Hall–Kier alpha value is -2.16. The lowest BCUT2D eigenvalue weighted by Gasteiger charge is -2.35. The Bertz CT molecular complexity index is 368. The second-order valence-electron chi connectivity index (χ2n) is 4.20. The molecule has 0 radical (unpaired) electrons. The summed E-state index contributed by atoms with van der Waals surface area (Å²) in [5.74, 6) is -7.87. The van der Waals surface area contributed by atoms with Crippen LogP contribution in [0.15, 0.2) is 0 Å². The maximum atomic E-state index is 11.1. The van der Waals surface area contributed by atoms with E-state index in [1.165, 1.54) is 0 Å². The molecule has 0 aromatic heterocycles. The van der Waals surface area contributed by atoms with Crippen molar-refractivity contribution in [1.82, 2.24) is 0 Å². The summed E-state index contributed by atoms with van der Waals surface area (Å²) in [5.41, 5.74) is 0. The molecule has 120 valence electrons. The van der Waals surface area contributed by atoms with Gasteiger partial charge in [-0.2, -0.15) is 0 Å². The van der Waals surface area contributed by atoms with E-state index in [4.69, 9.17) is 23.7 Å². The van der Waals surface area contributed by atoms with Crippen LogP contribution >= 0.6 is 0 Å². The van der Waals surface area contributed by atoms with Gasteiger partial charge >= 0.3 is 35.8 Å². The maximum absolute atomic E-state index is 11.1. The molecule has 9 nitrogen and oxygen atoms in total. The van der Waals surface area contributed by atoms with Gasteiger partial charge in [-0.05, 0) is 0 Å². The standard InChI is InChI=1S/C12H18O9/c1-7(13)17-11(5,18-8(2)14)21-12(6,19-9(3)15)20-10(4)16/h1-6H3. The van der Waals surface area contributed by atoms with Crippen molar-refractivity contribution in [3.05, 3.63) is 0 Å². The van der Waals surface area contributed by atoms with Crippen LogP contribution in [0, 0.1) is 0 Å². The molecular formula is C12H18O9. The number of esters is 4. The molecule has 21 heavy (non-hydrogen) atoms. The molecule has 0 N–H and O–H groups in total. The first-order valence-corrected chi connectivity index (χ1v) is 5.86. The first-order chi connectivity index (χ1) is 9.37. The summed E-state index contributed by atoms with van der Waals surface area (Å²) >= 11 is 0. The van der Waals surface area contributed by atoms with Crippen LogP contribution < -0.4 is 0 Å². The Balaban J connectivity index is 5.36. The van der Waals surface area contributed by atoms with Gasteiger partial charge in [0.2, 0.25) is 0 Å². The molecule has 0 fully saturated rings. The minimum absolute atomic E-state index is 0.841. The molecular weight excluding hydrogens is 288 g/mol. The second-order valence-corrected chi connectivity index (χ2v) is 4.20. The van der Waals surface area contributed by atoms with Gasteiger partial charge in [-0.3, -0.25) is 19.2 Å². The lowest BCUT2D eigenvalue weighted by Crippen LogP contribution is -2.50. The average molecular weight is 306 g/mol. The Labute approximate surface area is 121 Å². The summed E-state index contributed by atoms with van der Waals surface area (Å²) in [6, 6.07) is 0. The van der Waals surface area contributed by atoms with E-state index < -0.39 is 35.8 Å². The molecule has 0 saturated heterocycles. The smallest absolute Gasteiger partial charge is 0.378 e. The van der Waals surface area contributed by atoms with Gasteiger partial charge in [0.15, 0.2) is 0 Å². The zero-order valence-electron chi connectivity index (χ0n) is 12.7. The monoisotopic (exact) mass is 306 g/mol. The van der Waals surface area contributed by atoms with Crippen LogP contribution in [-0.2, 0) is 42.9 Å². The van der Waals surface area contributed by atoms with E-state index in [0.717, 1.165) is 41.5 Å². The molecule has 0 aromatic carbocycles. The van der Waals surface area contributed by atoms with Crippen LogP contribution in [0.25, 0.3) is 0 Å². The van der Waals surface area contributed by atoms with E-state index in [9.17, 15) is 19.2 Å². The van der Waals surface area contributed by atoms with Gasteiger partial charge in [0, 0.05) is 41.5 Å². The van der Waals surface area contributed by atoms with Crippen molar-refractivity contribution < 1.29 is 42.9 Å². The molecule has 0 heterocycles. The fourth-order valence-corrected chi connectivity index (χ4v) is 1.51. The molecule has 0 spiro atoms. The quantitative estimate of drug-likeness (QED) is 0.514. The van der Waals surface area contributed by atoms with Gasteiger partial charge in [-0.15, -0.1) is 0 Å². The Morgan fingerprint density at radius 3 is 0.905 bits per heavy atom. The fourth-order valence-electron chi connectivity index (χ4n) is 1.51. The molecule has 0 aliphatic heterocycles. The van der Waals surface area contributed by atoms with Gasteiger partial charge in [0.25, 0.3) is 0 Å². The summed E-state index contributed by atoms with van der Waals surface area (Å²) < 4.78 is 24.0. The van der Waals surface area contributed by atoms with Crippen molar-refractivity contribution in [1.29, 1.82) is 0 Å². The molecule has 0 amide bonds. The van der Waals surface area contributed by atoms with Crippen molar-refractivity contribution >= 4 is 23.9 Å². The van der Waals surface area contributed by atoms with Crippen molar-refractivity contribution in [2.45, 2.75) is 53.5 Å². The minimum atomic E-state index is -2.25. The van der Waals surface area contributed by atoms with E-state index >= 15 is 0 Å². The number of ether oxygens (including phenoxy) is 5. The Morgan fingerprint density at radius 2 is 0.762 bits per heavy atom. The Morgan fingerprint density at radius 1 is 0.571 bits per heavy atom. The topological polar surface area (TPSA) is 114 Å². The van der Waals surface area contributed by atoms with Crippen molar-refractivity contribution in [3.63, 3.8) is 0 Å². The predicted octanol–water partition coefficient (Wildman–Crippen LogP) is 0.603. The fraction of sp³-hybridized carbons (Fsp3) is 0.667. The third-order valence-corrected chi connectivity index (χ3v) is 1.69. The third kappa shape index (κ3) is 7.88. The summed E-state index contributed by atoms with van der Waals surface area (Å²) in [7, 11) is 0. The van der Waals surface area contributed by atoms with Crippen LogP contribution in [0.1, 0.15) is 41.5 Å². The van der Waals surface area contributed by atoms with E-state index in [1.54, 1.807) is 0 Å². The molecule has 0 atom stereocenters. The summed E-state index contributed by atoms with van der Waals surface area (Å²) in [6.45, 7) is 6.31. The van der Waals surface area contributed by atoms with Crippen LogP contribution in [0.5, 0.6) is 0 Å². The van der Waals surface area contributed by atoms with Crippen LogP contribution in [0.3, 0.4) is 0 Å². The molecule has 0 saturated carbocycles. The first kappa shape index (κ1) is 18.8.